The number of nitrogen functional groups attached to an aromatic ring is 1. The molecule has 2 rings (SSSR count). The summed E-state index contributed by atoms with van der Waals surface area (Å²) in [5.74, 6) is 0. The first kappa shape index (κ1) is 10.6. The van der Waals surface area contributed by atoms with Gasteiger partial charge in [-0.05, 0) is 22.4 Å². The SMILES string of the molecule is CCCn1cc(Br)c(-c2nnc(N)s2)n1. The van der Waals surface area contributed by atoms with Crippen molar-refractivity contribution in [1.29, 1.82) is 0 Å². The first-order valence-corrected chi connectivity index (χ1v) is 6.14. The van der Waals surface area contributed by atoms with Crippen LogP contribution in [0.3, 0.4) is 0 Å². The highest BCUT2D eigenvalue weighted by molar-refractivity contribution is 9.10. The Kier molecular flexibility index (Phi) is 3.01. The topological polar surface area (TPSA) is 69.6 Å². The van der Waals surface area contributed by atoms with Crippen LogP contribution in [0.2, 0.25) is 0 Å². The van der Waals surface area contributed by atoms with E-state index in [-0.39, 0.29) is 0 Å². The van der Waals surface area contributed by atoms with Crippen LogP contribution >= 0.6 is 27.3 Å². The Morgan fingerprint density at radius 2 is 2.33 bits per heavy atom. The first-order chi connectivity index (χ1) is 7.20. The molecule has 2 N–H and O–H groups in total. The lowest BCUT2D eigenvalue weighted by molar-refractivity contribution is 0.604. The Morgan fingerprint density at radius 1 is 1.53 bits per heavy atom. The second-order valence-corrected chi connectivity index (χ2v) is 4.90. The molecule has 0 aliphatic carbocycles. The highest BCUT2D eigenvalue weighted by Gasteiger charge is 2.13. The summed E-state index contributed by atoms with van der Waals surface area (Å²) < 4.78 is 2.81. The van der Waals surface area contributed by atoms with Gasteiger partial charge in [-0.15, -0.1) is 10.2 Å². The quantitative estimate of drug-likeness (QED) is 0.939. The van der Waals surface area contributed by atoms with Crippen LogP contribution < -0.4 is 5.73 Å². The minimum atomic E-state index is 0.460. The van der Waals surface area contributed by atoms with Crippen molar-refractivity contribution in [3.63, 3.8) is 0 Å². The normalized spacial score (nSPS) is 10.8. The van der Waals surface area contributed by atoms with E-state index >= 15 is 0 Å². The average Bonchev–Trinajstić information content (AvgIpc) is 2.73. The number of aryl methyl sites for hydroxylation is 1. The zero-order chi connectivity index (χ0) is 10.8. The van der Waals surface area contributed by atoms with E-state index in [1.165, 1.54) is 11.3 Å². The molecular weight excluding hydrogens is 278 g/mol. The van der Waals surface area contributed by atoms with Gasteiger partial charge in [-0.25, -0.2) is 0 Å². The van der Waals surface area contributed by atoms with Gasteiger partial charge in [0.2, 0.25) is 5.13 Å². The van der Waals surface area contributed by atoms with Crippen LogP contribution in [0.15, 0.2) is 10.7 Å². The molecule has 15 heavy (non-hydrogen) atoms. The average molecular weight is 288 g/mol. The number of rotatable bonds is 3. The van der Waals surface area contributed by atoms with Crippen molar-refractivity contribution in [2.45, 2.75) is 19.9 Å². The molecule has 2 aromatic heterocycles. The van der Waals surface area contributed by atoms with Crippen LogP contribution in [0.1, 0.15) is 13.3 Å². The van der Waals surface area contributed by atoms with Gasteiger partial charge in [-0.2, -0.15) is 5.10 Å². The lowest BCUT2D eigenvalue weighted by atomic mass is 10.5. The van der Waals surface area contributed by atoms with Gasteiger partial charge in [0.05, 0.1) is 4.47 Å². The van der Waals surface area contributed by atoms with Gasteiger partial charge in [0.15, 0.2) is 5.01 Å². The summed E-state index contributed by atoms with van der Waals surface area (Å²) in [4.78, 5) is 0. The maximum atomic E-state index is 5.53. The van der Waals surface area contributed by atoms with E-state index in [2.05, 4.69) is 38.1 Å². The van der Waals surface area contributed by atoms with Crippen LogP contribution in [0, 0.1) is 0 Å². The Morgan fingerprint density at radius 3 is 2.93 bits per heavy atom. The van der Waals surface area contributed by atoms with Gasteiger partial charge in [0.1, 0.15) is 5.69 Å². The van der Waals surface area contributed by atoms with Gasteiger partial charge < -0.3 is 5.73 Å². The number of aromatic nitrogens is 4. The number of hydrogen-bond donors (Lipinski definition) is 1. The fraction of sp³-hybridized carbons (Fsp3) is 0.375. The van der Waals surface area contributed by atoms with Crippen molar-refractivity contribution in [2.24, 2.45) is 0 Å². The second-order valence-electron chi connectivity index (χ2n) is 3.03. The molecule has 7 heteroatoms. The first-order valence-electron chi connectivity index (χ1n) is 4.53. The summed E-state index contributed by atoms with van der Waals surface area (Å²) in [6, 6.07) is 0. The van der Waals surface area contributed by atoms with E-state index in [9.17, 15) is 0 Å². The standard InChI is InChI=1S/C8H10BrN5S/c1-2-3-14-4-5(9)6(13-14)7-11-12-8(10)15-7/h4H,2-3H2,1H3,(H2,10,12). The molecule has 0 unspecified atom stereocenters. The van der Waals surface area contributed by atoms with E-state index in [1.807, 2.05) is 10.9 Å². The third kappa shape index (κ3) is 2.18. The van der Waals surface area contributed by atoms with E-state index in [0.717, 1.165) is 28.1 Å². The van der Waals surface area contributed by atoms with Crippen molar-refractivity contribution >= 4 is 32.4 Å². The molecule has 80 valence electrons. The Bertz CT molecular complexity index is 463. The molecule has 2 aromatic rings. The van der Waals surface area contributed by atoms with Crippen molar-refractivity contribution in [3.05, 3.63) is 10.7 Å². The number of halogens is 1. The lowest BCUT2D eigenvalue weighted by Crippen LogP contribution is -1.96. The Hall–Kier alpha value is -0.950. The molecule has 0 radical (unpaired) electrons. The van der Waals surface area contributed by atoms with Gasteiger partial charge in [-0.1, -0.05) is 18.3 Å². The lowest BCUT2D eigenvalue weighted by Gasteiger charge is -1.94. The molecule has 0 spiro atoms. The molecule has 0 aromatic carbocycles. The number of hydrogen-bond acceptors (Lipinski definition) is 5. The molecule has 0 aliphatic heterocycles. The highest BCUT2D eigenvalue weighted by Crippen LogP contribution is 2.29. The predicted molar refractivity (Wildman–Crippen MR) is 63.5 cm³/mol. The van der Waals surface area contributed by atoms with Gasteiger partial charge >= 0.3 is 0 Å². The smallest absolute Gasteiger partial charge is 0.203 e. The summed E-state index contributed by atoms with van der Waals surface area (Å²) in [7, 11) is 0. The molecule has 0 saturated carbocycles. The molecule has 0 fully saturated rings. The summed E-state index contributed by atoms with van der Waals surface area (Å²) >= 11 is 4.78. The zero-order valence-corrected chi connectivity index (χ0v) is 10.5. The van der Waals surface area contributed by atoms with Crippen LogP contribution in [-0.2, 0) is 6.54 Å². The number of nitrogens with two attached hydrogens (primary N) is 1. The molecule has 5 nitrogen and oxygen atoms in total. The molecule has 0 amide bonds. The van der Waals surface area contributed by atoms with Crippen molar-refractivity contribution in [3.8, 4) is 10.7 Å². The van der Waals surface area contributed by atoms with Crippen LogP contribution in [0.25, 0.3) is 10.7 Å². The summed E-state index contributed by atoms with van der Waals surface area (Å²) in [6.45, 7) is 3.01. The molecule has 0 atom stereocenters. The largest absolute Gasteiger partial charge is 0.374 e. The third-order valence-corrected chi connectivity index (χ3v) is 3.15. The fourth-order valence-corrected chi connectivity index (χ4v) is 2.46. The van der Waals surface area contributed by atoms with E-state index in [4.69, 9.17) is 5.73 Å². The van der Waals surface area contributed by atoms with Crippen molar-refractivity contribution in [1.82, 2.24) is 20.0 Å². The monoisotopic (exact) mass is 287 g/mol. The van der Waals surface area contributed by atoms with Crippen molar-refractivity contribution < 1.29 is 0 Å². The summed E-state index contributed by atoms with van der Waals surface area (Å²) in [6.07, 6.45) is 2.99. The molecule has 2 heterocycles. The summed E-state index contributed by atoms with van der Waals surface area (Å²) in [5, 5.41) is 13.3. The van der Waals surface area contributed by atoms with E-state index < -0.39 is 0 Å². The second kappa shape index (κ2) is 4.28. The van der Waals surface area contributed by atoms with Gasteiger partial charge in [0.25, 0.3) is 0 Å². The predicted octanol–water partition coefficient (Wildman–Crippen LogP) is 2.16. The minimum absolute atomic E-state index is 0.460. The molecule has 0 saturated heterocycles. The highest BCUT2D eigenvalue weighted by atomic mass is 79.9. The van der Waals surface area contributed by atoms with Crippen LogP contribution in [0.5, 0.6) is 0 Å². The van der Waals surface area contributed by atoms with Crippen molar-refractivity contribution in [2.75, 3.05) is 5.73 Å². The minimum Gasteiger partial charge on any atom is -0.374 e. The maximum Gasteiger partial charge on any atom is 0.203 e. The van der Waals surface area contributed by atoms with Gasteiger partial charge in [0, 0.05) is 12.7 Å². The molecular formula is C8H10BrN5S. The summed E-state index contributed by atoms with van der Waals surface area (Å²) in [5.41, 5.74) is 6.33. The third-order valence-electron chi connectivity index (χ3n) is 1.81. The van der Waals surface area contributed by atoms with Crippen LogP contribution in [-0.4, -0.2) is 20.0 Å². The fourth-order valence-electron chi connectivity index (χ4n) is 1.22. The molecule has 0 bridgehead atoms. The van der Waals surface area contributed by atoms with Gasteiger partial charge in [-0.3, -0.25) is 4.68 Å². The van der Waals surface area contributed by atoms with E-state index in [1.54, 1.807) is 0 Å². The Labute approximate surface area is 99.4 Å². The zero-order valence-electron chi connectivity index (χ0n) is 8.14. The van der Waals surface area contributed by atoms with E-state index in [0.29, 0.717) is 5.13 Å². The van der Waals surface area contributed by atoms with Crippen LogP contribution in [0.4, 0.5) is 5.13 Å². The molecule has 0 aliphatic rings. The number of anilines is 1. The maximum absolute atomic E-state index is 5.53. The number of nitrogens with zero attached hydrogens (tertiary/aromatic N) is 4. The Balaban J connectivity index is 2.35.